The highest BCUT2D eigenvalue weighted by molar-refractivity contribution is 5.70. The maximum Gasteiger partial charge on any atom is 0.308 e. The summed E-state index contributed by atoms with van der Waals surface area (Å²) in [5.41, 5.74) is 0.952. The first kappa shape index (κ1) is 12.1. The monoisotopic (exact) mass is 236 g/mol. The van der Waals surface area contributed by atoms with E-state index in [-0.39, 0.29) is 12.0 Å². The van der Waals surface area contributed by atoms with E-state index in [1.807, 2.05) is 23.9 Å². The standard InChI is InChI=1S/C13H20N2O2/c1-3-10-4-5-11(13(16)17)12(8-10)15-7-6-9(2)14-15/h6-7,10-12H,3-5,8H2,1-2H3,(H,16,17). The smallest absolute Gasteiger partial charge is 0.308 e. The average Bonchev–Trinajstić information content (AvgIpc) is 2.75. The van der Waals surface area contributed by atoms with E-state index in [1.165, 1.54) is 0 Å². The van der Waals surface area contributed by atoms with Crippen molar-refractivity contribution in [1.29, 1.82) is 0 Å². The third-order valence-electron chi connectivity index (χ3n) is 3.90. The van der Waals surface area contributed by atoms with Gasteiger partial charge in [0.2, 0.25) is 0 Å². The molecule has 1 N–H and O–H groups in total. The lowest BCUT2D eigenvalue weighted by atomic mass is 9.77. The Morgan fingerprint density at radius 2 is 2.35 bits per heavy atom. The van der Waals surface area contributed by atoms with E-state index in [0.29, 0.717) is 5.92 Å². The van der Waals surface area contributed by atoms with Gasteiger partial charge in [0.05, 0.1) is 17.7 Å². The zero-order chi connectivity index (χ0) is 12.4. The molecule has 4 heteroatoms. The van der Waals surface area contributed by atoms with Crippen molar-refractivity contribution in [2.45, 2.75) is 45.6 Å². The first-order valence-corrected chi connectivity index (χ1v) is 6.36. The molecule has 1 aromatic heterocycles. The molecular weight excluding hydrogens is 216 g/mol. The number of carboxylic acids is 1. The molecule has 0 radical (unpaired) electrons. The van der Waals surface area contributed by atoms with Gasteiger partial charge in [0.15, 0.2) is 0 Å². The van der Waals surface area contributed by atoms with Crippen LogP contribution in [0.1, 0.15) is 44.3 Å². The fraction of sp³-hybridized carbons (Fsp3) is 0.692. The van der Waals surface area contributed by atoms with Gasteiger partial charge in [0, 0.05) is 6.20 Å². The minimum Gasteiger partial charge on any atom is -0.481 e. The lowest BCUT2D eigenvalue weighted by Gasteiger charge is -2.33. The molecule has 94 valence electrons. The molecule has 3 atom stereocenters. The van der Waals surface area contributed by atoms with Crippen LogP contribution in [0.5, 0.6) is 0 Å². The highest BCUT2D eigenvalue weighted by Gasteiger charge is 2.35. The maximum atomic E-state index is 11.3. The van der Waals surface area contributed by atoms with Gasteiger partial charge in [-0.25, -0.2) is 0 Å². The summed E-state index contributed by atoms with van der Waals surface area (Å²) >= 11 is 0. The number of carboxylic acid groups (broad SMARTS) is 1. The van der Waals surface area contributed by atoms with Crippen molar-refractivity contribution >= 4 is 5.97 Å². The number of rotatable bonds is 3. The van der Waals surface area contributed by atoms with E-state index >= 15 is 0 Å². The Labute approximate surface area is 102 Å². The van der Waals surface area contributed by atoms with Crippen LogP contribution in [0, 0.1) is 18.8 Å². The molecule has 1 aliphatic rings. The van der Waals surface area contributed by atoms with Gasteiger partial charge in [0.25, 0.3) is 0 Å². The fourth-order valence-corrected chi connectivity index (χ4v) is 2.80. The van der Waals surface area contributed by atoms with Crippen LogP contribution in [0.4, 0.5) is 0 Å². The van der Waals surface area contributed by atoms with Gasteiger partial charge in [-0.05, 0) is 38.2 Å². The number of carbonyl (C=O) groups is 1. The van der Waals surface area contributed by atoms with E-state index in [2.05, 4.69) is 12.0 Å². The van der Waals surface area contributed by atoms with Gasteiger partial charge in [-0.15, -0.1) is 0 Å². The minimum absolute atomic E-state index is 0.0277. The molecule has 3 unspecified atom stereocenters. The van der Waals surface area contributed by atoms with Crippen molar-refractivity contribution in [2.24, 2.45) is 11.8 Å². The molecule has 0 spiro atoms. The summed E-state index contributed by atoms with van der Waals surface area (Å²) < 4.78 is 1.86. The summed E-state index contributed by atoms with van der Waals surface area (Å²) in [5.74, 6) is -0.324. The molecule has 0 bridgehead atoms. The number of nitrogens with zero attached hydrogens (tertiary/aromatic N) is 2. The Bertz CT molecular complexity index is 400. The molecule has 1 fully saturated rings. The molecular formula is C13H20N2O2. The van der Waals surface area contributed by atoms with Crippen LogP contribution in [-0.4, -0.2) is 20.9 Å². The average molecular weight is 236 g/mol. The van der Waals surface area contributed by atoms with Crippen LogP contribution in [0.25, 0.3) is 0 Å². The van der Waals surface area contributed by atoms with Crippen LogP contribution in [-0.2, 0) is 4.79 Å². The Balaban J connectivity index is 2.21. The third kappa shape index (κ3) is 2.51. The normalized spacial score (nSPS) is 29.2. The highest BCUT2D eigenvalue weighted by Crippen LogP contribution is 2.38. The predicted molar refractivity (Wildman–Crippen MR) is 64.8 cm³/mol. The molecule has 1 saturated carbocycles. The van der Waals surface area contributed by atoms with Gasteiger partial charge < -0.3 is 5.11 Å². The second-order valence-corrected chi connectivity index (χ2v) is 5.04. The second-order valence-electron chi connectivity index (χ2n) is 5.04. The van der Waals surface area contributed by atoms with E-state index < -0.39 is 5.97 Å². The molecule has 0 saturated heterocycles. The summed E-state index contributed by atoms with van der Waals surface area (Å²) in [6.07, 6.45) is 5.79. The second kappa shape index (κ2) is 4.90. The summed E-state index contributed by atoms with van der Waals surface area (Å²) in [7, 11) is 0. The molecule has 0 amide bonds. The molecule has 2 rings (SSSR count). The number of aliphatic carboxylic acids is 1. The fourth-order valence-electron chi connectivity index (χ4n) is 2.80. The number of aromatic nitrogens is 2. The first-order valence-electron chi connectivity index (χ1n) is 6.36. The molecule has 17 heavy (non-hydrogen) atoms. The molecule has 1 aromatic rings. The molecule has 0 aromatic carbocycles. The largest absolute Gasteiger partial charge is 0.481 e. The van der Waals surface area contributed by atoms with E-state index in [9.17, 15) is 9.90 Å². The van der Waals surface area contributed by atoms with Crippen molar-refractivity contribution in [3.05, 3.63) is 18.0 Å². The zero-order valence-corrected chi connectivity index (χ0v) is 10.5. The SMILES string of the molecule is CCC1CCC(C(=O)O)C(n2ccc(C)n2)C1. The zero-order valence-electron chi connectivity index (χ0n) is 10.5. The van der Waals surface area contributed by atoms with Crippen molar-refractivity contribution in [3.63, 3.8) is 0 Å². The predicted octanol–water partition coefficient (Wildman–Crippen LogP) is 2.64. The lowest BCUT2D eigenvalue weighted by molar-refractivity contribution is -0.145. The van der Waals surface area contributed by atoms with Crippen LogP contribution < -0.4 is 0 Å². The summed E-state index contributed by atoms with van der Waals surface area (Å²) in [5, 5.41) is 13.7. The Morgan fingerprint density at radius 1 is 1.59 bits per heavy atom. The topological polar surface area (TPSA) is 55.1 Å². The van der Waals surface area contributed by atoms with Gasteiger partial charge in [-0.2, -0.15) is 5.10 Å². The van der Waals surface area contributed by atoms with Gasteiger partial charge in [-0.3, -0.25) is 9.48 Å². The van der Waals surface area contributed by atoms with E-state index in [1.54, 1.807) is 0 Å². The van der Waals surface area contributed by atoms with E-state index in [4.69, 9.17) is 0 Å². The highest BCUT2D eigenvalue weighted by atomic mass is 16.4. The molecule has 0 aliphatic heterocycles. The first-order chi connectivity index (χ1) is 8.11. The maximum absolute atomic E-state index is 11.3. The molecule has 1 heterocycles. The van der Waals surface area contributed by atoms with Crippen molar-refractivity contribution < 1.29 is 9.90 Å². The van der Waals surface area contributed by atoms with Gasteiger partial charge in [-0.1, -0.05) is 13.3 Å². The van der Waals surface area contributed by atoms with Crippen molar-refractivity contribution in [1.82, 2.24) is 9.78 Å². The van der Waals surface area contributed by atoms with Gasteiger partial charge in [0.1, 0.15) is 0 Å². The summed E-state index contributed by atoms with van der Waals surface area (Å²) in [6.45, 7) is 4.11. The lowest BCUT2D eigenvalue weighted by Crippen LogP contribution is -2.33. The van der Waals surface area contributed by atoms with E-state index in [0.717, 1.165) is 31.4 Å². The van der Waals surface area contributed by atoms with Crippen LogP contribution >= 0.6 is 0 Å². The summed E-state index contributed by atoms with van der Waals surface area (Å²) in [6, 6.07) is 1.97. The number of hydrogen-bond donors (Lipinski definition) is 1. The number of aryl methyl sites for hydroxylation is 1. The Morgan fingerprint density at radius 3 is 2.88 bits per heavy atom. The van der Waals surface area contributed by atoms with Crippen LogP contribution in [0.3, 0.4) is 0 Å². The van der Waals surface area contributed by atoms with Gasteiger partial charge >= 0.3 is 5.97 Å². The van der Waals surface area contributed by atoms with Crippen LogP contribution in [0.15, 0.2) is 12.3 Å². The Kier molecular flexibility index (Phi) is 3.50. The minimum atomic E-state index is -0.683. The summed E-state index contributed by atoms with van der Waals surface area (Å²) in [4.78, 5) is 11.3. The third-order valence-corrected chi connectivity index (χ3v) is 3.90. The van der Waals surface area contributed by atoms with Crippen molar-refractivity contribution in [3.8, 4) is 0 Å². The molecule has 4 nitrogen and oxygen atoms in total. The number of hydrogen-bond acceptors (Lipinski definition) is 2. The molecule has 1 aliphatic carbocycles. The van der Waals surface area contributed by atoms with Crippen LogP contribution in [0.2, 0.25) is 0 Å². The quantitative estimate of drug-likeness (QED) is 0.877. The van der Waals surface area contributed by atoms with Crippen molar-refractivity contribution in [2.75, 3.05) is 0 Å². The Hall–Kier alpha value is -1.32.